The SMILES string of the molecule is C=C(C(=O)C1(C)CCCC1)C(F)(F)F. The molecule has 0 atom stereocenters. The first-order chi connectivity index (χ1) is 6.27. The predicted octanol–water partition coefficient (Wildman–Crippen LogP) is 3.25. The van der Waals surface area contributed by atoms with Crippen LogP contribution in [0.2, 0.25) is 0 Å². The monoisotopic (exact) mass is 206 g/mol. The van der Waals surface area contributed by atoms with Crippen molar-refractivity contribution in [2.75, 3.05) is 0 Å². The number of allylic oxidation sites excluding steroid dienone is 1. The minimum absolute atomic E-state index is 0.543. The van der Waals surface area contributed by atoms with E-state index in [-0.39, 0.29) is 0 Å². The van der Waals surface area contributed by atoms with Crippen LogP contribution >= 0.6 is 0 Å². The summed E-state index contributed by atoms with van der Waals surface area (Å²) in [5, 5.41) is 0. The van der Waals surface area contributed by atoms with E-state index in [1.807, 2.05) is 0 Å². The molecule has 14 heavy (non-hydrogen) atoms. The molecule has 0 radical (unpaired) electrons. The first-order valence-electron chi connectivity index (χ1n) is 4.58. The van der Waals surface area contributed by atoms with Crippen LogP contribution < -0.4 is 0 Å². The van der Waals surface area contributed by atoms with Gasteiger partial charge in [-0.3, -0.25) is 4.79 Å². The van der Waals surface area contributed by atoms with Gasteiger partial charge in [-0.05, 0) is 12.8 Å². The highest BCUT2D eigenvalue weighted by molar-refractivity contribution is 6.00. The van der Waals surface area contributed by atoms with E-state index in [1.54, 1.807) is 6.92 Å². The van der Waals surface area contributed by atoms with E-state index in [4.69, 9.17) is 0 Å². The second-order valence-corrected chi connectivity index (χ2v) is 4.07. The lowest BCUT2D eigenvalue weighted by molar-refractivity contribution is -0.136. The Kier molecular flexibility index (Phi) is 2.74. The summed E-state index contributed by atoms with van der Waals surface area (Å²) in [4.78, 5) is 11.5. The maximum Gasteiger partial charge on any atom is 0.419 e. The van der Waals surface area contributed by atoms with Crippen molar-refractivity contribution in [1.29, 1.82) is 0 Å². The van der Waals surface area contributed by atoms with Crippen LogP contribution in [0.4, 0.5) is 13.2 Å². The minimum Gasteiger partial charge on any atom is -0.294 e. The Labute approximate surface area is 81.0 Å². The van der Waals surface area contributed by atoms with Crippen molar-refractivity contribution in [3.8, 4) is 0 Å². The molecule has 0 saturated heterocycles. The van der Waals surface area contributed by atoms with Crippen LogP contribution in [0, 0.1) is 5.41 Å². The number of rotatable bonds is 2. The van der Waals surface area contributed by atoms with E-state index in [2.05, 4.69) is 6.58 Å². The summed E-state index contributed by atoms with van der Waals surface area (Å²) in [7, 11) is 0. The van der Waals surface area contributed by atoms with Gasteiger partial charge in [0, 0.05) is 5.41 Å². The van der Waals surface area contributed by atoms with Gasteiger partial charge in [0.25, 0.3) is 0 Å². The largest absolute Gasteiger partial charge is 0.419 e. The molecule has 0 unspecified atom stereocenters. The first kappa shape index (κ1) is 11.3. The molecule has 0 aromatic carbocycles. The molecule has 1 rings (SSSR count). The zero-order valence-electron chi connectivity index (χ0n) is 8.08. The van der Waals surface area contributed by atoms with Gasteiger partial charge in [0.2, 0.25) is 0 Å². The van der Waals surface area contributed by atoms with Crippen molar-refractivity contribution in [2.45, 2.75) is 38.8 Å². The van der Waals surface area contributed by atoms with Crippen LogP contribution in [0.5, 0.6) is 0 Å². The Balaban J connectivity index is 2.80. The van der Waals surface area contributed by atoms with Gasteiger partial charge in [-0.25, -0.2) is 0 Å². The minimum atomic E-state index is -4.58. The lowest BCUT2D eigenvalue weighted by Crippen LogP contribution is -2.31. The second-order valence-electron chi connectivity index (χ2n) is 4.07. The molecule has 0 aliphatic heterocycles. The van der Waals surface area contributed by atoms with Crippen LogP contribution in [0.1, 0.15) is 32.6 Å². The number of Topliss-reactive ketones (excluding diaryl/α,β-unsaturated/α-hetero) is 1. The van der Waals surface area contributed by atoms with E-state index < -0.39 is 22.9 Å². The van der Waals surface area contributed by atoms with Crippen LogP contribution in [0.25, 0.3) is 0 Å². The fraction of sp³-hybridized carbons (Fsp3) is 0.700. The highest BCUT2D eigenvalue weighted by atomic mass is 19.4. The lowest BCUT2D eigenvalue weighted by atomic mass is 9.81. The fourth-order valence-corrected chi connectivity index (χ4v) is 1.88. The van der Waals surface area contributed by atoms with Crippen molar-refractivity contribution in [3.05, 3.63) is 12.2 Å². The number of carbonyl (C=O) groups is 1. The summed E-state index contributed by atoms with van der Waals surface area (Å²) in [6, 6.07) is 0. The Morgan fingerprint density at radius 1 is 1.29 bits per heavy atom. The van der Waals surface area contributed by atoms with E-state index in [0.717, 1.165) is 12.8 Å². The van der Waals surface area contributed by atoms with Gasteiger partial charge in [0.15, 0.2) is 5.78 Å². The molecule has 0 N–H and O–H groups in total. The zero-order valence-corrected chi connectivity index (χ0v) is 8.08. The molecule has 0 amide bonds. The number of halogens is 3. The molecular weight excluding hydrogens is 193 g/mol. The van der Waals surface area contributed by atoms with Gasteiger partial charge < -0.3 is 0 Å². The first-order valence-corrected chi connectivity index (χ1v) is 4.58. The van der Waals surface area contributed by atoms with Crippen molar-refractivity contribution in [1.82, 2.24) is 0 Å². The Bertz CT molecular complexity index is 259. The third kappa shape index (κ3) is 1.99. The van der Waals surface area contributed by atoms with Crippen molar-refractivity contribution < 1.29 is 18.0 Å². The average molecular weight is 206 g/mol. The highest BCUT2D eigenvalue weighted by Gasteiger charge is 2.45. The number of hydrogen-bond acceptors (Lipinski definition) is 1. The number of ketones is 1. The van der Waals surface area contributed by atoms with Crippen LogP contribution in [-0.2, 0) is 4.79 Å². The number of carbonyl (C=O) groups excluding carboxylic acids is 1. The molecule has 80 valence electrons. The molecule has 0 bridgehead atoms. The number of hydrogen-bond donors (Lipinski definition) is 0. The van der Waals surface area contributed by atoms with Gasteiger partial charge in [0.1, 0.15) is 0 Å². The van der Waals surface area contributed by atoms with Crippen molar-refractivity contribution in [2.24, 2.45) is 5.41 Å². The Morgan fingerprint density at radius 2 is 1.71 bits per heavy atom. The van der Waals surface area contributed by atoms with E-state index in [0.29, 0.717) is 12.8 Å². The van der Waals surface area contributed by atoms with Crippen LogP contribution in [0.3, 0.4) is 0 Å². The highest BCUT2D eigenvalue weighted by Crippen LogP contribution is 2.42. The van der Waals surface area contributed by atoms with Gasteiger partial charge in [-0.15, -0.1) is 0 Å². The molecule has 4 heteroatoms. The second kappa shape index (κ2) is 3.41. The van der Waals surface area contributed by atoms with Gasteiger partial charge >= 0.3 is 6.18 Å². The topological polar surface area (TPSA) is 17.1 Å². The fourth-order valence-electron chi connectivity index (χ4n) is 1.88. The summed E-state index contributed by atoms with van der Waals surface area (Å²) in [5.41, 5.74) is -2.03. The zero-order chi connectivity index (χ0) is 11.0. The molecule has 1 saturated carbocycles. The van der Waals surface area contributed by atoms with Crippen LogP contribution in [0.15, 0.2) is 12.2 Å². The molecule has 0 aromatic rings. The third-order valence-corrected chi connectivity index (χ3v) is 2.87. The summed E-state index contributed by atoms with van der Waals surface area (Å²) >= 11 is 0. The molecule has 1 nitrogen and oxygen atoms in total. The van der Waals surface area contributed by atoms with E-state index >= 15 is 0 Å². The van der Waals surface area contributed by atoms with Gasteiger partial charge in [-0.1, -0.05) is 26.3 Å². The standard InChI is InChI=1S/C10H13F3O/c1-7(10(11,12)13)8(14)9(2)5-3-4-6-9/h1,3-6H2,2H3. The Hall–Kier alpha value is -0.800. The van der Waals surface area contributed by atoms with Crippen LogP contribution in [-0.4, -0.2) is 12.0 Å². The van der Waals surface area contributed by atoms with Crippen molar-refractivity contribution >= 4 is 5.78 Å². The maximum absolute atomic E-state index is 12.2. The van der Waals surface area contributed by atoms with Crippen molar-refractivity contribution in [3.63, 3.8) is 0 Å². The quantitative estimate of drug-likeness (QED) is 0.634. The summed E-state index contributed by atoms with van der Waals surface area (Å²) in [5.74, 6) is -0.831. The van der Waals surface area contributed by atoms with Gasteiger partial charge in [-0.2, -0.15) is 13.2 Å². The van der Waals surface area contributed by atoms with E-state index in [9.17, 15) is 18.0 Å². The molecule has 1 aliphatic rings. The Morgan fingerprint density at radius 3 is 2.07 bits per heavy atom. The molecule has 0 heterocycles. The normalized spacial score (nSPS) is 20.9. The summed E-state index contributed by atoms with van der Waals surface area (Å²) < 4.78 is 36.6. The third-order valence-electron chi connectivity index (χ3n) is 2.87. The lowest BCUT2D eigenvalue weighted by Gasteiger charge is -2.23. The predicted molar refractivity (Wildman–Crippen MR) is 46.8 cm³/mol. The average Bonchev–Trinajstić information content (AvgIpc) is 2.49. The molecular formula is C10H13F3O. The number of alkyl halides is 3. The summed E-state index contributed by atoms with van der Waals surface area (Å²) in [6.07, 6.45) is -1.84. The molecule has 1 fully saturated rings. The smallest absolute Gasteiger partial charge is 0.294 e. The van der Waals surface area contributed by atoms with Gasteiger partial charge in [0.05, 0.1) is 5.57 Å². The summed E-state index contributed by atoms with van der Waals surface area (Å²) in [6.45, 7) is 4.44. The molecule has 0 spiro atoms. The molecule has 0 aromatic heterocycles. The van der Waals surface area contributed by atoms with E-state index in [1.165, 1.54) is 0 Å². The maximum atomic E-state index is 12.2. The molecule has 1 aliphatic carbocycles.